The van der Waals surface area contributed by atoms with E-state index < -0.39 is 0 Å². The van der Waals surface area contributed by atoms with Crippen LogP contribution in [-0.2, 0) is 0 Å². The number of alkyl halides is 1. The van der Waals surface area contributed by atoms with Gasteiger partial charge in [0.05, 0.1) is 16.8 Å². The highest BCUT2D eigenvalue weighted by Gasteiger charge is 2.06. The summed E-state index contributed by atoms with van der Waals surface area (Å²) in [4.78, 5) is 0. The van der Waals surface area contributed by atoms with E-state index in [2.05, 4.69) is 17.2 Å². The van der Waals surface area contributed by atoms with Crippen LogP contribution in [0.4, 0.5) is 11.4 Å². The predicted molar refractivity (Wildman–Crippen MR) is 85.2 cm³/mol. The summed E-state index contributed by atoms with van der Waals surface area (Å²) < 4.78 is 0. The van der Waals surface area contributed by atoms with Gasteiger partial charge >= 0.3 is 0 Å². The van der Waals surface area contributed by atoms with Crippen LogP contribution in [0.15, 0.2) is 64.8 Å². The molecule has 0 radical (unpaired) electrons. The maximum absolute atomic E-state index is 6.36. The van der Waals surface area contributed by atoms with Crippen LogP contribution in [0.3, 0.4) is 0 Å². The maximum Gasteiger partial charge on any atom is 0.0857 e. The van der Waals surface area contributed by atoms with E-state index in [4.69, 9.17) is 11.6 Å². The molecule has 0 aliphatic carbocycles. The largest absolute Gasteiger partial charge is 0.151 e. The zero-order valence-electron chi connectivity index (χ0n) is 11.7. The highest BCUT2D eigenvalue weighted by atomic mass is 35.5. The molecule has 0 amide bonds. The van der Waals surface area contributed by atoms with Crippen LogP contribution in [-0.4, -0.2) is 0 Å². The van der Waals surface area contributed by atoms with Crippen molar-refractivity contribution in [1.82, 2.24) is 0 Å². The molecule has 2 aromatic carbocycles. The lowest BCUT2D eigenvalue weighted by atomic mass is 10.1. The molecule has 1 unspecified atom stereocenters. The van der Waals surface area contributed by atoms with Crippen LogP contribution < -0.4 is 0 Å². The quantitative estimate of drug-likeness (QED) is 0.424. The second-order valence-electron chi connectivity index (χ2n) is 4.74. The molecule has 20 heavy (non-hydrogen) atoms. The molecule has 1 atom stereocenters. The lowest BCUT2D eigenvalue weighted by molar-refractivity contribution is 0.701. The fourth-order valence-corrected chi connectivity index (χ4v) is 2.21. The van der Waals surface area contributed by atoms with Gasteiger partial charge in [0.25, 0.3) is 0 Å². The first kappa shape index (κ1) is 14.7. The van der Waals surface area contributed by atoms with Gasteiger partial charge in [0.2, 0.25) is 0 Å². The average molecular weight is 287 g/mol. The highest BCUT2D eigenvalue weighted by molar-refractivity contribution is 6.20. The second kappa shape index (κ2) is 7.81. The van der Waals surface area contributed by atoms with Crippen LogP contribution in [0.5, 0.6) is 0 Å². The molecule has 0 bridgehead atoms. The molecule has 0 fully saturated rings. The van der Waals surface area contributed by atoms with E-state index in [1.807, 2.05) is 54.6 Å². The molecule has 3 heteroatoms. The molecular formula is C17H19ClN2. The van der Waals surface area contributed by atoms with Gasteiger partial charge in [0, 0.05) is 0 Å². The van der Waals surface area contributed by atoms with Gasteiger partial charge in [-0.25, -0.2) is 0 Å². The fraction of sp³-hybridized carbons (Fsp3) is 0.294. The molecule has 2 nitrogen and oxygen atoms in total. The van der Waals surface area contributed by atoms with E-state index in [0.717, 1.165) is 29.8 Å². The Kier molecular flexibility index (Phi) is 5.75. The molecule has 0 aliphatic heterocycles. The molecule has 2 aromatic rings. The zero-order valence-corrected chi connectivity index (χ0v) is 12.4. The number of unbranched alkanes of at least 4 members (excludes halogenated alkanes) is 1. The summed E-state index contributed by atoms with van der Waals surface area (Å²) in [6.07, 6.45) is 3.35. The third-order valence-corrected chi connectivity index (χ3v) is 3.57. The van der Waals surface area contributed by atoms with Crippen LogP contribution in [0.25, 0.3) is 0 Å². The van der Waals surface area contributed by atoms with Crippen LogP contribution in [0.2, 0.25) is 0 Å². The molecule has 0 aliphatic rings. The lowest BCUT2D eigenvalue weighted by Crippen LogP contribution is -1.89. The topological polar surface area (TPSA) is 24.7 Å². The van der Waals surface area contributed by atoms with Gasteiger partial charge in [-0.15, -0.1) is 11.6 Å². The van der Waals surface area contributed by atoms with Gasteiger partial charge in [0.1, 0.15) is 0 Å². The van der Waals surface area contributed by atoms with Crippen molar-refractivity contribution in [2.75, 3.05) is 0 Å². The molecule has 0 saturated carbocycles. The van der Waals surface area contributed by atoms with Crippen molar-refractivity contribution < 1.29 is 0 Å². The number of nitrogens with zero attached hydrogens (tertiary/aromatic N) is 2. The molecule has 2 rings (SSSR count). The molecule has 0 aromatic heterocycles. The molecule has 104 valence electrons. The second-order valence-corrected chi connectivity index (χ2v) is 5.26. The van der Waals surface area contributed by atoms with E-state index >= 15 is 0 Å². The van der Waals surface area contributed by atoms with Crippen LogP contribution in [0, 0.1) is 0 Å². The predicted octanol–water partition coefficient (Wildman–Crippen LogP) is 6.57. The third-order valence-electron chi connectivity index (χ3n) is 3.10. The Hall–Kier alpha value is -1.67. The SMILES string of the molecule is CCCCC(Cl)c1ccc(/N=N/c2ccccc2)cc1. The molecule has 0 N–H and O–H groups in total. The van der Waals surface area contributed by atoms with Crippen molar-refractivity contribution in [3.8, 4) is 0 Å². The summed E-state index contributed by atoms with van der Waals surface area (Å²) in [5.41, 5.74) is 2.85. The standard InChI is InChI=1S/C17H19ClN2/c1-2-3-9-17(18)14-10-12-16(13-11-14)20-19-15-7-5-4-6-8-15/h4-8,10-13,17H,2-3,9H2,1H3/b20-19+. The first-order valence-corrected chi connectivity index (χ1v) is 7.44. The van der Waals surface area contributed by atoms with Gasteiger partial charge in [-0.1, -0.05) is 50.1 Å². The first-order valence-electron chi connectivity index (χ1n) is 7.00. The average Bonchev–Trinajstić information content (AvgIpc) is 2.52. The number of hydrogen-bond acceptors (Lipinski definition) is 2. The summed E-state index contributed by atoms with van der Waals surface area (Å²) in [5, 5.41) is 8.51. The Balaban J connectivity index is 1.99. The minimum absolute atomic E-state index is 0.0927. The fourth-order valence-electron chi connectivity index (χ4n) is 1.91. The van der Waals surface area contributed by atoms with Crippen molar-refractivity contribution in [2.45, 2.75) is 31.6 Å². The van der Waals surface area contributed by atoms with Crippen molar-refractivity contribution in [2.24, 2.45) is 10.2 Å². The smallest absolute Gasteiger partial charge is 0.0857 e. The van der Waals surface area contributed by atoms with E-state index in [1.54, 1.807) is 0 Å². The van der Waals surface area contributed by atoms with E-state index in [1.165, 1.54) is 6.42 Å². The van der Waals surface area contributed by atoms with E-state index in [9.17, 15) is 0 Å². The Morgan fingerprint density at radius 2 is 1.50 bits per heavy atom. The summed E-state index contributed by atoms with van der Waals surface area (Å²) in [6.45, 7) is 2.18. The Bertz CT molecular complexity index is 535. The minimum atomic E-state index is 0.0927. The zero-order chi connectivity index (χ0) is 14.2. The first-order chi connectivity index (χ1) is 9.79. The van der Waals surface area contributed by atoms with Gasteiger partial charge in [-0.2, -0.15) is 10.2 Å². The van der Waals surface area contributed by atoms with Gasteiger partial charge in [0.15, 0.2) is 0 Å². The normalized spacial score (nSPS) is 12.7. The number of hydrogen-bond donors (Lipinski definition) is 0. The van der Waals surface area contributed by atoms with Gasteiger partial charge in [-0.05, 0) is 36.2 Å². The minimum Gasteiger partial charge on any atom is -0.151 e. The number of rotatable bonds is 6. The third kappa shape index (κ3) is 4.46. The Morgan fingerprint density at radius 3 is 2.10 bits per heavy atom. The number of azo groups is 1. The van der Waals surface area contributed by atoms with Gasteiger partial charge < -0.3 is 0 Å². The van der Waals surface area contributed by atoms with Crippen LogP contribution >= 0.6 is 11.6 Å². The summed E-state index contributed by atoms with van der Waals surface area (Å²) >= 11 is 6.36. The summed E-state index contributed by atoms with van der Waals surface area (Å²) in [6, 6.07) is 17.7. The van der Waals surface area contributed by atoms with Crippen molar-refractivity contribution in [3.63, 3.8) is 0 Å². The van der Waals surface area contributed by atoms with E-state index in [-0.39, 0.29) is 5.38 Å². The summed E-state index contributed by atoms with van der Waals surface area (Å²) in [5.74, 6) is 0. The van der Waals surface area contributed by atoms with Crippen LogP contribution in [0.1, 0.15) is 37.1 Å². The Morgan fingerprint density at radius 1 is 0.900 bits per heavy atom. The molecule has 0 heterocycles. The van der Waals surface area contributed by atoms with Gasteiger partial charge in [-0.3, -0.25) is 0 Å². The molecule has 0 saturated heterocycles. The number of benzene rings is 2. The molecule has 0 spiro atoms. The maximum atomic E-state index is 6.36. The number of halogens is 1. The van der Waals surface area contributed by atoms with Crippen molar-refractivity contribution in [3.05, 3.63) is 60.2 Å². The molecular weight excluding hydrogens is 268 g/mol. The Labute approximate surface area is 125 Å². The highest BCUT2D eigenvalue weighted by Crippen LogP contribution is 2.28. The lowest BCUT2D eigenvalue weighted by Gasteiger charge is -2.08. The van der Waals surface area contributed by atoms with Crippen molar-refractivity contribution in [1.29, 1.82) is 0 Å². The monoisotopic (exact) mass is 286 g/mol. The van der Waals surface area contributed by atoms with E-state index in [0.29, 0.717) is 0 Å². The summed E-state index contributed by atoms with van der Waals surface area (Å²) in [7, 11) is 0. The van der Waals surface area contributed by atoms with Crippen molar-refractivity contribution >= 4 is 23.0 Å².